The van der Waals surface area contributed by atoms with Gasteiger partial charge in [0.25, 0.3) is 0 Å². The van der Waals surface area contributed by atoms with Crippen LogP contribution < -0.4 is 0 Å². The first-order valence-electron chi connectivity index (χ1n) is 7.87. The first-order chi connectivity index (χ1) is 11.2. The molecule has 0 saturated heterocycles. The molecule has 23 heavy (non-hydrogen) atoms. The number of ether oxygens (including phenoxy) is 2. The molecule has 0 N–H and O–H groups in total. The molecule has 2 aromatic heterocycles. The maximum Gasteiger partial charge on any atom is 0.178 e. The van der Waals surface area contributed by atoms with Crippen LogP contribution in [0.3, 0.4) is 0 Å². The third-order valence-corrected chi connectivity index (χ3v) is 4.51. The molecule has 0 atom stereocenters. The lowest BCUT2D eigenvalue weighted by atomic mass is 10.1. The Labute approximate surface area is 144 Å². The Balaban J connectivity index is 2.12. The zero-order chi connectivity index (χ0) is 16.2. The average molecular weight is 378 g/mol. The molecule has 0 fully saturated rings. The van der Waals surface area contributed by atoms with Crippen LogP contribution in [0.5, 0.6) is 0 Å². The zero-order valence-electron chi connectivity index (χ0n) is 13.4. The van der Waals surface area contributed by atoms with Crippen LogP contribution in [0.15, 0.2) is 23.0 Å². The minimum absolute atomic E-state index is 0.631. The van der Waals surface area contributed by atoms with Crippen molar-refractivity contribution in [2.45, 2.75) is 26.7 Å². The van der Waals surface area contributed by atoms with Gasteiger partial charge >= 0.3 is 0 Å². The lowest BCUT2D eigenvalue weighted by Crippen LogP contribution is -2.04. The van der Waals surface area contributed by atoms with Gasteiger partial charge in [-0.1, -0.05) is 13.0 Å². The van der Waals surface area contributed by atoms with Crippen molar-refractivity contribution in [1.82, 2.24) is 14.6 Å². The molecular weight excluding hydrogens is 358 g/mol. The highest BCUT2D eigenvalue weighted by Gasteiger charge is 2.16. The standard InChI is InChI=1S/C17H20BrN3O2/c1-3-13-14(7-10-22-4-2)17-19-16(12-5-8-23-9-6-12)20-21(17)11-15(13)18/h5,7,10-11H,3-4,6,8-9H2,1-2H3/b10-7+. The number of hydrogen-bond donors (Lipinski definition) is 0. The summed E-state index contributed by atoms with van der Waals surface area (Å²) in [5, 5.41) is 4.64. The highest BCUT2D eigenvalue weighted by Crippen LogP contribution is 2.27. The maximum absolute atomic E-state index is 5.37. The van der Waals surface area contributed by atoms with Crippen molar-refractivity contribution in [1.29, 1.82) is 0 Å². The third-order valence-electron chi connectivity index (χ3n) is 3.82. The summed E-state index contributed by atoms with van der Waals surface area (Å²) in [5.74, 6) is 0.777. The Morgan fingerprint density at radius 1 is 1.43 bits per heavy atom. The van der Waals surface area contributed by atoms with E-state index in [1.807, 2.05) is 23.7 Å². The highest BCUT2D eigenvalue weighted by atomic mass is 79.9. The number of pyridine rings is 1. The molecule has 0 radical (unpaired) electrons. The van der Waals surface area contributed by atoms with Crippen LogP contribution >= 0.6 is 15.9 Å². The van der Waals surface area contributed by atoms with Crippen LogP contribution in [0, 0.1) is 0 Å². The molecule has 3 rings (SSSR count). The lowest BCUT2D eigenvalue weighted by Gasteiger charge is -2.09. The van der Waals surface area contributed by atoms with Gasteiger partial charge in [-0.3, -0.25) is 0 Å². The quantitative estimate of drug-likeness (QED) is 0.742. The first kappa shape index (κ1) is 16.2. The summed E-state index contributed by atoms with van der Waals surface area (Å²) in [4.78, 5) is 4.77. The molecule has 0 aliphatic carbocycles. The molecule has 0 saturated carbocycles. The third kappa shape index (κ3) is 3.33. The fourth-order valence-corrected chi connectivity index (χ4v) is 3.35. The number of halogens is 1. The van der Waals surface area contributed by atoms with Crippen LogP contribution in [0.2, 0.25) is 0 Å². The van der Waals surface area contributed by atoms with Gasteiger partial charge in [0.15, 0.2) is 11.5 Å². The largest absolute Gasteiger partial charge is 0.501 e. The van der Waals surface area contributed by atoms with Gasteiger partial charge in [0.2, 0.25) is 0 Å². The fraction of sp³-hybridized carbons (Fsp3) is 0.412. The molecule has 0 amide bonds. The van der Waals surface area contributed by atoms with E-state index < -0.39 is 0 Å². The second-order valence-electron chi connectivity index (χ2n) is 5.24. The molecule has 0 aromatic carbocycles. The van der Waals surface area contributed by atoms with E-state index in [1.54, 1.807) is 6.26 Å². The molecule has 0 spiro atoms. The SMILES string of the molecule is CCO/C=C/c1c(CC)c(Br)cn2nc(C3=CCOCC3)nc12. The minimum atomic E-state index is 0.631. The van der Waals surface area contributed by atoms with Crippen molar-refractivity contribution in [3.05, 3.63) is 40.0 Å². The minimum Gasteiger partial charge on any atom is -0.501 e. The van der Waals surface area contributed by atoms with Crippen molar-refractivity contribution < 1.29 is 9.47 Å². The predicted molar refractivity (Wildman–Crippen MR) is 94.1 cm³/mol. The summed E-state index contributed by atoms with van der Waals surface area (Å²) in [6.45, 7) is 6.10. The monoisotopic (exact) mass is 377 g/mol. The molecule has 1 aliphatic rings. The first-order valence-corrected chi connectivity index (χ1v) is 8.67. The van der Waals surface area contributed by atoms with Crippen molar-refractivity contribution in [3.63, 3.8) is 0 Å². The smallest absolute Gasteiger partial charge is 0.178 e. The molecule has 1 aliphatic heterocycles. The van der Waals surface area contributed by atoms with Gasteiger partial charge in [-0.05, 0) is 52.9 Å². The predicted octanol–water partition coefficient (Wildman–Crippen LogP) is 3.87. The Kier molecular flexibility index (Phi) is 5.13. The Bertz CT molecular complexity index is 765. The Morgan fingerprint density at radius 3 is 3.00 bits per heavy atom. The summed E-state index contributed by atoms with van der Waals surface area (Å²) in [6, 6.07) is 0. The Morgan fingerprint density at radius 2 is 2.30 bits per heavy atom. The van der Waals surface area contributed by atoms with E-state index in [9.17, 15) is 0 Å². The molecule has 3 heterocycles. The van der Waals surface area contributed by atoms with Gasteiger partial charge in [-0.25, -0.2) is 9.50 Å². The van der Waals surface area contributed by atoms with Gasteiger partial charge in [-0.2, -0.15) is 0 Å². The van der Waals surface area contributed by atoms with E-state index in [4.69, 9.17) is 14.5 Å². The van der Waals surface area contributed by atoms with Crippen LogP contribution in [0.1, 0.15) is 37.2 Å². The van der Waals surface area contributed by atoms with E-state index in [0.29, 0.717) is 13.2 Å². The maximum atomic E-state index is 5.37. The van der Waals surface area contributed by atoms with Gasteiger partial charge < -0.3 is 9.47 Å². The fourth-order valence-electron chi connectivity index (χ4n) is 2.66. The van der Waals surface area contributed by atoms with Crippen molar-refractivity contribution in [2.24, 2.45) is 0 Å². The zero-order valence-corrected chi connectivity index (χ0v) is 15.0. The second kappa shape index (κ2) is 7.27. The molecule has 5 nitrogen and oxygen atoms in total. The molecule has 122 valence electrons. The normalized spacial score (nSPS) is 15.3. The number of fused-ring (bicyclic) bond motifs is 1. The van der Waals surface area contributed by atoms with Crippen molar-refractivity contribution in [3.8, 4) is 0 Å². The number of rotatable bonds is 5. The Hall–Kier alpha value is -1.66. The number of aromatic nitrogens is 3. The molecular formula is C17H20BrN3O2. The van der Waals surface area contributed by atoms with Gasteiger partial charge in [-0.15, -0.1) is 5.10 Å². The topological polar surface area (TPSA) is 48.7 Å². The molecule has 0 bridgehead atoms. The molecule has 6 heteroatoms. The van der Waals surface area contributed by atoms with E-state index in [1.165, 1.54) is 5.56 Å². The van der Waals surface area contributed by atoms with Gasteiger partial charge in [0.1, 0.15) is 0 Å². The summed E-state index contributed by atoms with van der Waals surface area (Å²) in [5.41, 5.74) is 4.24. The van der Waals surface area contributed by atoms with Crippen LogP contribution in [-0.4, -0.2) is 34.4 Å². The highest BCUT2D eigenvalue weighted by molar-refractivity contribution is 9.10. The lowest BCUT2D eigenvalue weighted by molar-refractivity contribution is 0.161. The number of hydrogen-bond acceptors (Lipinski definition) is 4. The average Bonchev–Trinajstić information content (AvgIpc) is 2.99. The van der Waals surface area contributed by atoms with Gasteiger partial charge in [0.05, 0.1) is 26.1 Å². The summed E-state index contributed by atoms with van der Waals surface area (Å²) < 4.78 is 13.6. The van der Waals surface area contributed by atoms with Crippen LogP contribution in [-0.2, 0) is 15.9 Å². The number of nitrogens with zero attached hydrogens (tertiary/aromatic N) is 3. The van der Waals surface area contributed by atoms with Gasteiger partial charge in [0, 0.05) is 16.2 Å². The van der Waals surface area contributed by atoms with Crippen LogP contribution in [0.4, 0.5) is 0 Å². The molecule has 0 unspecified atom stereocenters. The van der Waals surface area contributed by atoms with E-state index >= 15 is 0 Å². The summed E-state index contributed by atoms with van der Waals surface area (Å²) >= 11 is 3.64. The van der Waals surface area contributed by atoms with Crippen LogP contribution in [0.25, 0.3) is 17.3 Å². The van der Waals surface area contributed by atoms with E-state index in [-0.39, 0.29) is 0 Å². The molecule has 2 aromatic rings. The summed E-state index contributed by atoms with van der Waals surface area (Å²) in [6.07, 6.45) is 9.49. The summed E-state index contributed by atoms with van der Waals surface area (Å²) in [7, 11) is 0. The van der Waals surface area contributed by atoms with Crippen molar-refractivity contribution >= 4 is 33.2 Å². The van der Waals surface area contributed by atoms with Crippen molar-refractivity contribution in [2.75, 3.05) is 19.8 Å². The second-order valence-corrected chi connectivity index (χ2v) is 6.09. The van der Waals surface area contributed by atoms with E-state index in [2.05, 4.69) is 34.0 Å². The van der Waals surface area contributed by atoms with E-state index in [0.717, 1.165) is 46.5 Å².